The van der Waals surface area contributed by atoms with Crippen LogP contribution in [0, 0.1) is 5.92 Å². The van der Waals surface area contributed by atoms with E-state index < -0.39 is 0 Å². The van der Waals surface area contributed by atoms with Crippen LogP contribution in [0.2, 0.25) is 0 Å². The molecule has 0 spiro atoms. The summed E-state index contributed by atoms with van der Waals surface area (Å²) in [4.78, 5) is 0. The number of nitrogens with one attached hydrogen (secondary N) is 1. The number of methoxy groups -OCH3 is 1. The molecule has 0 radical (unpaired) electrons. The monoisotopic (exact) mass is 229 g/mol. The van der Waals surface area contributed by atoms with E-state index in [-0.39, 0.29) is 0 Å². The van der Waals surface area contributed by atoms with Crippen molar-refractivity contribution in [3.05, 3.63) is 0 Å². The topological polar surface area (TPSA) is 30.5 Å². The second-order valence-electron chi connectivity index (χ2n) is 5.08. The third kappa shape index (κ3) is 5.83. The van der Waals surface area contributed by atoms with Gasteiger partial charge in [-0.2, -0.15) is 0 Å². The Balaban J connectivity index is 1.98. The molecule has 0 amide bonds. The Morgan fingerprint density at radius 2 is 2.19 bits per heavy atom. The molecule has 3 atom stereocenters. The molecule has 16 heavy (non-hydrogen) atoms. The van der Waals surface area contributed by atoms with Crippen LogP contribution >= 0.6 is 0 Å². The molecule has 96 valence electrons. The fourth-order valence-corrected chi connectivity index (χ4v) is 2.37. The first-order valence-corrected chi connectivity index (χ1v) is 6.56. The Labute approximate surface area is 99.9 Å². The van der Waals surface area contributed by atoms with Gasteiger partial charge in [-0.25, -0.2) is 0 Å². The van der Waals surface area contributed by atoms with Crippen LogP contribution in [0.3, 0.4) is 0 Å². The fraction of sp³-hybridized carbons (Fsp3) is 1.00. The molecule has 0 heterocycles. The minimum Gasteiger partial charge on any atom is -0.383 e. The first kappa shape index (κ1) is 13.9. The van der Waals surface area contributed by atoms with Crippen molar-refractivity contribution >= 4 is 0 Å². The molecule has 1 aliphatic rings. The van der Waals surface area contributed by atoms with Gasteiger partial charge < -0.3 is 14.8 Å². The molecule has 0 aromatic carbocycles. The van der Waals surface area contributed by atoms with Gasteiger partial charge in [-0.15, -0.1) is 0 Å². The van der Waals surface area contributed by atoms with Crippen LogP contribution in [-0.4, -0.2) is 39.0 Å². The van der Waals surface area contributed by atoms with Crippen molar-refractivity contribution < 1.29 is 9.47 Å². The van der Waals surface area contributed by atoms with Gasteiger partial charge in [-0.1, -0.05) is 19.8 Å². The summed E-state index contributed by atoms with van der Waals surface area (Å²) in [5.41, 5.74) is 0. The molecule has 0 aliphatic heterocycles. The molecular weight excluding hydrogens is 202 g/mol. The molecule has 3 unspecified atom stereocenters. The molecule has 0 bridgehead atoms. The van der Waals surface area contributed by atoms with Crippen LogP contribution in [0.1, 0.15) is 39.5 Å². The Hall–Kier alpha value is -0.120. The highest BCUT2D eigenvalue weighted by atomic mass is 16.5. The van der Waals surface area contributed by atoms with Gasteiger partial charge in [0.1, 0.15) is 0 Å². The van der Waals surface area contributed by atoms with Crippen LogP contribution < -0.4 is 5.32 Å². The maximum atomic E-state index is 5.88. The maximum Gasteiger partial charge on any atom is 0.0613 e. The summed E-state index contributed by atoms with van der Waals surface area (Å²) in [6, 6.07) is 0.416. The number of hydrogen-bond acceptors (Lipinski definition) is 3. The van der Waals surface area contributed by atoms with Gasteiger partial charge in [-0.05, 0) is 25.7 Å². The largest absolute Gasteiger partial charge is 0.383 e. The van der Waals surface area contributed by atoms with Crippen LogP contribution in [0.4, 0.5) is 0 Å². The quantitative estimate of drug-likeness (QED) is 0.679. The van der Waals surface area contributed by atoms with E-state index in [1.54, 1.807) is 7.11 Å². The lowest BCUT2D eigenvalue weighted by molar-refractivity contribution is 0.0158. The van der Waals surface area contributed by atoms with Gasteiger partial charge in [0.25, 0.3) is 0 Å². The van der Waals surface area contributed by atoms with E-state index in [9.17, 15) is 0 Å². The van der Waals surface area contributed by atoms with E-state index in [1.165, 1.54) is 25.7 Å². The van der Waals surface area contributed by atoms with E-state index >= 15 is 0 Å². The van der Waals surface area contributed by atoms with Crippen LogP contribution in [0.25, 0.3) is 0 Å². The zero-order valence-corrected chi connectivity index (χ0v) is 11.0. The minimum absolute atomic E-state index is 0.416. The van der Waals surface area contributed by atoms with Crippen molar-refractivity contribution in [2.24, 2.45) is 5.92 Å². The van der Waals surface area contributed by atoms with Crippen molar-refractivity contribution in [1.29, 1.82) is 0 Å². The van der Waals surface area contributed by atoms with E-state index in [1.807, 2.05) is 0 Å². The second kappa shape index (κ2) is 8.04. The number of rotatable bonds is 7. The molecule has 1 N–H and O–H groups in total. The van der Waals surface area contributed by atoms with E-state index in [0.29, 0.717) is 12.1 Å². The van der Waals surface area contributed by atoms with Crippen molar-refractivity contribution in [2.45, 2.75) is 51.7 Å². The lowest BCUT2D eigenvalue weighted by Crippen LogP contribution is -2.34. The zero-order chi connectivity index (χ0) is 11.8. The minimum atomic E-state index is 0.416. The Morgan fingerprint density at radius 1 is 1.38 bits per heavy atom. The average Bonchev–Trinajstić information content (AvgIpc) is 2.25. The molecule has 0 saturated heterocycles. The number of hydrogen-bond donors (Lipinski definition) is 1. The van der Waals surface area contributed by atoms with E-state index in [0.717, 1.165) is 25.7 Å². The van der Waals surface area contributed by atoms with Gasteiger partial charge in [0.2, 0.25) is 0 Å². The Bertz CT molecular complexity index is 175. The SMILES string of the molecule is COCC(C)NCCOC1CCCC(C)C1. The smallest absolute Gasteiger partial charge is 0.0613 e. The van der Waals surface area contributed by atoms with Crippen LogP contribution in [0.15, 0.2) is 0 Å². The van der Waals surface area contributed by atoms with Crippen LogP contribution in [-0.2, 0) is 9.47 Å². The van der Waals surface area contributed by atoms with Crippen molar-refractivity contribution in [1.82, 2.24) is 5.32 Å². The number of ether oxygens (including phenoxy) is 2. The molecular formula is C13H27NO2. The van der Waals surface area contributed by atoms with Crippen molar-refractivity contribution in [3.8, 4) is 0 Å². The normalized spacial score (nSPS) is 27.9. The third-order valence-electron chi connectivity index (χ3n) is 3.25. The lowest BCUT2D eigenvalue weighted by atomic mass is 9.89. The molecule has 1 fully saturated rings. The summed E-state index contributed by atoms with van der Waals surface area (Å²) in [6.45, 7) is 6.97. The van der Waals surface area contributed by atoms with E-state index in [4.69, 9.17) is 9.47 Å². The highest BCUT2D eigenvalue weighted by Crippen LogP contribution is 2.25. The summed E-state index contributed by atoms with van der Waals surface area (Å²) in [5.74, 6) is 0.846. The molecule has 3 nitrogen and oxygen atoms in total. The standard InChI is InChI=1S/C13H27NO2/c1-11-5-4-6-13(9-11)16-8-7-14-12(2)10-15-3/h11-14H,4-10H2,1-3H3. The van der Waals surface area contributed by atoms with Gasteiger partial charge in [0, 0.05) is 19.7 Å². The lowest BCUT2D eigenvalue weighted by Gasteiger charge is -2.27. The third-order valence-corrected chi connectivity index (χ3v) is 3.25. The second-order valence-corrected chi connectivity index (χ2v) is 5.08. The predicted octanol–water partition coefficient (Wildman–Crippen LogP) is 2.21. The zero-order valence-electron chi connectivity index (χ0n) is 11.0. The maximum absolute atomic E-state index is 5.88. The summed E-state index contributed by atoms with van der Waals surface area (Å²) in [7, 11) is 1.73. The summed E-state index contributed by atoms with van der Waals surface area (Å²) >= 11 is 0. The molecule has 3 heteroatoms. The van der Waals surface area contributed by atoms with Crippen molar-refractivity contribution in [2.75, 3.05) is 26.9 Å². The molecule has 0 aromatic heterocycles. The van der Waals surface area contributed by atoms with Crippen molar-refractivity contribution in [3.63, 3.8) is 0 Å². The first-order valence-electron chi connectivity index (χ1n) is 6.56. The van der Waals surface area contributed by atoms with Gasteiger partial charge >= 0.3 is 0 Å². The van der Waals surface area contributed by atoms with Crippen LogP contribution in [0.5, 0.6) is 0 Å². The van der Waals surface area contributed by atoms with Gasteiger partial charge in [0.05, 0.1) is 19.3 Å². The summed E-state index contributed by atoms with van der Waals surface area (Å²) < 4.78 is 10.9. The molecule has 1 aliphatic carbocycles. The van der Waals surface area contributed by atoms with Gasteiger partial charge in [-0.3, -0.25) is 0 Å². The highest BCUT2D eigenvalue weighted by Gasteiger charge is 2.18. The molecule has 1 rings (SSSR count). The fourth-order valence-electron chi connectivity index (χ4n) is 2.37. The summed E-state index contributed by atoms with van der Waals surface area (Å²) in [5, 5.41) is 3.38. The predicted molar refractivity (Wildman–Crippen MR) is 66.7 cm³/mol. The van der Waals surface area contributed by atoms with E-state index in [2.05, 4.69) is 19.2 Å². The van der Waals surface area contributed by atoms with Gasteiger partial charge in [0.15, 0.2) is 0 Å². The molecule has 0 aromatic rings. The first-order chi connectivity index (χ1) is 7.72. The highest BCUT2D eigenvalue weighted by molar-refractivity contribution is 4.70. The Kier molecular flexibility index (Phi) is 7.01. The molecule has 1 saturated carbocycles. The Morgan fingerprint density at radius 3 is 2.88 bits per heavy atom. The summed E-state index contributed by atoms with van der Waals surface area (Å²) in [6.07, 6.45) is 5.71. The average molecular weight is 229 g/mol.